The molecule has 0 radical (unpaired) electrons. The van der Waals surface area contributed by atoms with E-state index in [1.807, 2.05) is 13.8 Å². The number of hydrogen-bond acceptors (Lipinski definition) is 3. The molecule has 0 aromatic rings. The predicted octanol–water partition coefficient (Wildman–Crippen LogP) is 0.520. The van der Waals surface area contributed by atoms with Crippen LogP contribution in [0.25, 0.3) is 0 Å². The van der Waals surface area contributed by atoms with Crippen LogP contribution in [0, 0.1) is 11.8 Å². The molecule has 1 heterocycles. The lowest BCUT2D eigenvalue weighted by molar-refractivity contribution is -0.130. The van der Waals surface area contributed by atoms with E-state index in [9.17, 15) is 14.7 Å². The number of hydrogen-bond donors (Lipinski definition) is 2. The molecule has 0 aromatic heterocycles. The summed E-state index contributed by atoms with van der Waals surface area (Å²) < 4.78 is 0. The highest BCUT2D eigenvalue weighted by atomic mass is 16.3. The van der Waals surface area contributed by atoms with Gasteiger partial charge < -0.3 is 15.3 Å². The molecule has 0 spiro atoms. The van der Waals surface area contributed by atoms with Gasteiger partial charge in [-0.15, -0.1) is 0 Å². The first kappa shape index (κ1) is 14.3. The highest BCUT2D eigenvalue weighted by molar-refractivity contribution is 5.89. The highest BCUT2D eigenvalue weighted by Crippen LogP contribution is 2.26. The Morgan fingerprint density at radius 1 is 1.47 bits per heavy atom. The fourth-order valence-corrected chi connectivity index (χ4v) is 3.15. The van der Waals surface area contributed by atoms with Crippen molar-refractivity contribution >= 4 is 11.8 Å². The predicted molar refractivity (Wildman–Crippen MR) is 71.3 cm³/mol. The number of likely N-dealkylation sites (tertiary alicyclic amines) is 1. The van der Waals surface area contributed by atoms with Gasteiger partial charge in [0.05, 0.1) is 5.92 Å². The molecule has 108 valence electrons. The van der Waals surface area contributed by atoms with Crippen LogP contribution in [0.2, 0.25) is 0 Å². The monoisotopic (exact) mass is 268 g/mol. The van der Waals surface area contributed by atoms with Crippen molar-refractivity contribution < 1.29 is 14.7 Å². The van der Waals surface area contributed by atoms with Crippen LogP contribution in [-0.4, -0.2) is 47.1 Å². The van der Waals surface area contributed by atoms with Crippen LogP contribution in [0.3, 0.4) is 0 Å². The van der Waals surface area contributed by atoms with E-state index in [1.54, 1.807) is 4.90 Å². The lowest BCUT2D eigenvalue weighted by Gasteiger charge is -2.23. The highest BCUT2D eigenvalue weighted by Gasteiger charge is 2.37. The van der Waals surface area contributed by atoms with Crippen molar-refractivity contribution in [3.05, 3.63) is 0 Å². The Bertz CT molecular complexity index is 357. The normalized spacial score (nSPS) is 31.3. The molecule has 1 saturated carbocycles. The van der Waals surface area contributed by atoms with Crippen molar-refractivity contribution in [1.29, 1.82) is 0 Å². The summed E-state index contributed by atoms with van der Waals surface area (Å²) in [6.45, 7) is 4.60. The van der Waals surface area contributed by atoms with Gasteiger partial charge >= 0.3 is 0 Å². The Labute approximate surface area is 114 Å². The summed E-state index contributed by atoms with van der Waals surface area (Å²) in [5, 5.41) is 12.3. The number of aliphatic hydroxyl groups is 1. The molecule has 1 saturated heterocycles. The van der Waals surface area contributed by atoms with Gasteiger partial charge in [0.15, 0.2) is 0 Å². The Hall–Kier alpha value is -1.10. The molecule has 1 aliphatic carbocycles. The average molecular weight is 268 g/mol. The minimum absolute atomic E-state index is 0.0261. The zero-order chi connectivity index (χ0) is 14.0. The number of amides is 2. The van der Waals surface area contributed by atoms with Gasteiger partial charge in [0.25, 0.3) is 0 Å². The first-order valence-electron chi connectivity index (χ1n) is 7.23. The number of carbonyl (C=O) groups excluding carboxylic acids is 2. The van der Waals surface area contributed by atoms with Crippen LogP contribution in [0.5, 0.6) is 0 Å². The first-order chi connectivity index (χ1) is 9.02. The summed E-state index contributed by atoms with van der Waals surface area (Å²) in [5.41, 5.74) is 0. The molecule has 2 fully saturated rings. The molecule has 0 aromatic carbocycles. The van der Waals surface area contributed by atoms with Gasteiger partial charge in [-0.2, -0.15) is 0 Å². The maximum Gasteiger partial charge on any atom is 0.225 e. The second-order valence-electron chi connectivity index (χ2n) is 6.03. The Kier molecular flexibility index (Phi) is 4.45. The minimum Gasteiger partial charge on any atom is -0.396 e. The average Bonchev–Trinajstić information content (AvgIpc) is 2.95. The second-order valence-corrected chi connectivity index (χ2v) is 6.03. The van der Waals surface area contributed by atoms with Gasteiger partial charge in [0.1, 0.15) is 0 Å². The van der Waals surface area contributed by atoms with Crippen molar-refractivity contribution in [2.45, 2.75) is 51.6 Å². The van der Waals surface area contributed by atoms with Gasteiger partial charge in [-0.3, -0.25) is 9.59 Å². The van der Waals surface area contributed by atoms with Gasteiger partial charge in [0.2, 0.25) is 11.8 Å². The Morgan fingerprint density at radius 2 is 2.21 bits per heavy atom. The molecule has 0 bridgehead atoms. The smallest absolute Gasteiger partial charge is 0.225 e. The molecule has 2 amide bonds. The van der Waals surface area contributed by atoms with Crippen molar-refractivity contribution in [3.8, 4) is 0 Å². The van der Waals surface area contributed by atoms with Crippen LogP contribution in [-0.2, 0) is 9.59 Å². The SMILES string of the molecule is CC(C)N1CC(C(=O)NC2CCCC2CO)CC1=O. The quantitative estimate of drug-likeness (QED) is 0.781. The minimum atomic E-state index is -0.227. The van der Waals surface area contributed by atoms with Crippen LogP contribution in [0.4, 0.5) is 0 Å². The number of nitrogens with one attached hydrogen (secondary N) is 1. The molecule has 1 aliphatic heterocycles. The third-order valence-electron chi connectivity index (χ3n) is 4.37. The van der Waals surface area contributed by atoms with Gasteiger partial charge in [-0.25, -0.2) is 0 Å². The second kappa shape index (κ2) is 5.90. The number of rotatable bonds is 4. The number of aliphatic hydroxyl groups excluding tert-OH is 1. The zero-order valence-electron chi connectivity index (χ0n) is 11.8. The van der Waals surface area contributed by atoms with Crippen LogP contribution >= 0.6 is 0 Å². The van der Waals surface area contributed by atoms with E-state index < -0.39 is 0 Å². The Morgan fingerprint density at radius 3 is 2.79 bits per heavy atom. The largest absolute Gasteiger partial charge is 0.396 e. The van der Waals surface area contributed by atoms with Crippen molar-refractivity contribution in [1.82, 2.24) is 10.2 Å². The lowest BCUT2D eigenvalue weighted by Crippen LogP contribution is -2.42. The molecule has 2 rings (SSSR count). The molecule has 2 N–H and O–H groups in total. The van der Waals surface area contributed by atoms with Gasteiger partial charge in [-0.1, -0.05) is 6.42 Å². The van der Waals surface area contributed by atoms with E-state index in [1.165, 1.54) is 0 Å². The maximum absolute atomic E-state index is 12.2. The number of carbonyl (C=O) groups is 2. The van der Waals surface area contributed by atoms with E-state index in [-0.39, 0.29) is 42.3 Å². The van der Waals surface area contributed by atoms with Gasteiger partial charge in [0, 0.05) is 37.6 Å². The third kappa shape index (κ3) is 3.08. The lowest BCUT2D eigenvalue weighted by atomic mass is 10.0. The van der Waals surface area contributed by atoms with E-state index in [0.29, 0.717) is 13.0 Å². The van der Waals surface area contributed by atoms with Crippen LogP contribution in [0.1, 0.15) is 39.5 Å². The topological polar surface area (TPSA) is 69.6 Å². The maximum atomic E-state index is 12.2. The van der Waals surface area contributed by atoms with Gasteiger partial charge in [-0.05, 0) is 26.7 Å². The van der Waals surface area contributed by atoms with E-state index in [2.05, 4.69) is 5.32 Å². The standard InChI is InChI=1S/C14H24N2O3/c1-9(2)16-7-11(6-13(16)18)14(19)15-12-5-3-4-10(12)8-17/h9-12,17H,3-8H2,1-2H3,(H,15,19). The third-order valence-corrected chi connectivity index (χ3v) is 4.37. The summed E-state index contributed by atoms with van der Waals surface area (Å²) in [6.07, 6.45) is 3.28. The molecule has 3 atom stereocenters. The molecule has 5 heteroatoms. The van der Waals surface area contributed by atoms with Crippen LogP contribution in [0.15, 0.2) is 0 Å². The first-order valence-corrected chi connectivity index (χ1v) is 7.23. The molecular formula is C14H24N2O3. The summed E-state index contributed by atoms with van der Waals surface area (Å²) in [5.74, 6) is -0.000714. The summed E-state index contributed by atoms with van der Waals surface area (Å²) in [6, 6.07) is 0.239. The molecule has 19 heavy (non-hydrogen) atoms. The van der Waals surface area contributed by atoms with Crippen molar-refractivity contribution in [3.63, 3.8) is 0 Å². The van der Waals surface area contributed by atoms with Crippen molar-refractivity contribution in [2.75, 3.05) is 13.2 Å². The Balaban J connectivity index is 1.89. The molecule has 2 aliphatic rings. The number of nitrogens with zero attached hydrogens (tertiary/aromatic N) is 1. The summed E-state index contributed by atoms with van der Waals surface area (Å²) in [4.78, 5) is 25.8. The summed E-state index contributed by atoms with van der Waals surface area (Å²) in [7, 11) is 0. The van der Waals surface area contributed by atoms with E-state index in [0.717, 1.165) is 19.3 Å². The molecule has 5 nitrogen and oxygen atoms in total. The molecule has 3 unspecified atom stereocenters. The molecular weight excluding hydrogens is 244 g/mol. The van der Waals surface area contributed by atoms with E-state index in [4.69, 9.17) is 0 Å². The fourth-order valence-electron chi connectivity index (χ4n) is 3.15. The zero-order valence-corrected chi connectivity index (χ0v) is 11.8. The fraction of sp³-hybridized carbons (Fsp3) is 0.857. The van der Waals surface area contributed by atoms with Crippen molar-refractivity contribution in [2.24, 2.45) is 11.8 Å². The van der Waals surface area contributed by atoms with Crippen LogP contribution < -0.4 is 5.32 Å². The van der Waals surface area contributed by atoms with E-state index >= 15 is 0 Å². The summed E-state index contributed by atoms with van der Waals surface area (Å²) >= 11 is 0.